The topological polar surface area (TPSA) is 63.3 Å². The minimum Gasteiger partial charge on any atom is -0.486 e. The van der Waals surface area contributed by atoms with Crippen molar-refractivity contribution in [3.05, 3.63) is 18.2 Å². The molecule has 1 unspecified atom stereocenters. The molecule has 3 aliphatic heterocycles. The van der Waals surface area contributed by atoms with Crippen LogP contribution in [0.5, 0.6) is 11.5 Å². The third-order valence-corrected chi connectivity index (χ3v) is 5.70. The normalized spacial score (nSPS) is 22.6. The van der Waals surface area contributed by atoms with Gasteiger partial charge in [-0.25, -0.2) is 4.79 Å². The van der Waals surface area contributed by atoms with E-state index in [-0.39, 0.29) is 18.2 Å². The van der Waals surface area contributed by atoms with Crippen molar-refractivity contribution < 1.29 is 19.0 Å². The Morgan fingerprint density at radius 2 is 1.96 bits per heavy atom. The molecule has 146 valence electrons. The third-order valence-electron chi connectivity index (χ3n) is 5.34. The maximum Gasteiger partial charge on any atom is 0.410 e. The van der Waals surface area contributed by atoms with E-state index in [1.165, 1.54) is 0 Å². The number of cyclic esters (lactones) is 1. The molecular weight excluding hydrogens is 366 g/mol. The first kappa shape index (κ1) is 18.2. The Morgan fingerprint density at radius 1 is 1.22 bits per heavy atom. The molecule has 0 radical (unpaired) electrons. The average molecular weight is 391 g/mol. The number of piperidine rings is 1. The molecule has 3 heterocycles. The van der Waals surface area contributed by atoms with Crippen LogP contribution in [0.1, 0.15) is 26.2 Å². The quantitative estimate of drug-likeness (QED) is 0.795. The first-order chi connectivity index (χ1) is 13.1. The number of amides is 1. The Morgan fingerprint density at radius 3 is 2.67 bits per heavy atom. The highest BCUT2D eigenvalue weighted by molar-refractivity contribution is 7.80. The lowest BCUT2D eigenvalue weighted by atomic mass is 10.0. The molecule has 0 spiro atoms. The average Bonchev–Trinajstić information content (AvgIpc) is 3.09. The molecule has 1 N–H and O–H groups in total. The molecule has 0 aromatic heterocycles. The lowest BCUT2D eigenvalue weighted by molar-refractivity contribution is 0.119. The van der Waals surface area contributed by atoms with E-state index in [9.17, 15) is 4.79 Å². The van der Waals surface area contributed by atoms with Crippen LogP contribution in [-0.4, -0.2) is 66.0 Å². The number of ether oxygens (including phenoxy) is 3. The molecule has 4 rings (SSSR count). The summed E-state index contributed by atoms with van der Waals surface area (Å²) in [6, 6.07) is 5.99. The molecule has 1 aromatic rings. The molecule has 1 aromatic carbocycles. The molecule has 27 heavy (non-hydrogen) atoms. The van der Waals surface area contributed by atoms with Gasteiger partial charge < -0.3 is 29.3 Å². The fourth-order valence-corrected chi connectivity index (χ4v) is 4.06. The number of hydrogen-bond acceptors (Lipinski definition) is 5. The summed E-state index contributed by atoms with van der Waals surface area (Å²) in [5, 5.41) is 3.98. The van der Waals surface area contributed by atoms with Gasteiger partial charge in [0, 0.05) is 30.9 Å². The molecular formula is C19H25N3O4S. The van der Waals surface area contributed by atoms with E-state index in [2.05, 4.69) is 10.2 Å². The van der Waals surface area contributed by atoms with Gasteiger partial charge in [0.15, 0.2) is 16.6 Å². The van der Waals surface area contributed by atoms with Crippen LogP contribution in [0.3, 0.4) is 0 Å². The summed E-state index contributed by atoms with van der Waals surface area (Å²) >= 11 is 5.58. The van der Waals surface area contributed by atoms with E-state index in [0.717, 1.165) is 49.5 Å². The van der Waals surface area contributed by atoms with Crippen LogP contribution in [-0.2, 0) is 4.74 Å². The lowest BCUT2D eigenvalue weighted by Gasteiger charge is -2.37. The summed E-state index contributed by atoms with van der Waals surface area (Å²) in [5.41, 5.74) is 0.889. The van der Waals surface area contributed by atoms with Crippen molar-refractivity contribution in [3.8, 4) is 11.5 Å². The zero-order valence-corrected chi connectivity index (χ0v) is 16.3. The van der Waals surface area contributed by atoms with E-state index < -0.39 is 0 Å². The van der Waals surface area contributed by atoms with Crippen molar-refractivity contribution in [2.75, 3.05) is 38.2 Å². The number of thiocarbonyl (C=S) groups is 1. The fourth-order valence-electron chi connectivity index (χ4n) is 3.76. The molecule has 2 fully saturated rings. The van der Waals surface area contributed by atoms with Gasteiger partial charge in [-0.3, -0.25) is 0 Å². The molecule has 2 saturated heterocycles. The minimum absolute atomic E-state index is 0.0356. The lowest BCUT2D eigenvalue weighted by Crippen LogP contribution is -2.48. The van der Waals surface area contributed by atoms with Crippen LogP contribution in [0.15, 0.2) is 18.2 Å². The highest BCUT2D eigenvalue weighted by atomic mass is 32.1. The number of nitrogens with zero attached hydrogens (tertiary/aromatic N) is 2. The van der Waals surface area contributed by atoms with Gasteiger partial charge in [-0.05, 0) is 43.6 Å². The minimum atomic E-state index is -0.169. The molecule has 0 bridgehead atoms. The van der Waals surface area contributed by atoms with Crippen LogP contribution in [0, 0.1) is 0 Å². The van der Waals surface area contributed by atoms with Crippen molar-refractivity contribution >= 4 is 29.1 Å². The van der Waals surface area contributed by atoms with Gasteiger partial charge in [-0.1, -0.05) is 6.92 Å². The largest absolute Gasteiger partial charge is 0.486 e. The van der Waals surface area contributed by atoms with Gasteiger partial charge in [-0.15, -0.1) is 0 Å². The summed E-state index contributed by atoms with van der Waals surface area (Å²) in [5.74, 6) is 1.51. The number of likely N-dealkylation sites (tertiary alicyclic amines) is 1. The number of rotatable bonds is 3. The Labute approximate surface area is 164 Å². The number of carbonyl (C=O) groups is 1. The first-order valence-electron chi connectivity index (χ1n) is 9.57. The Bertz CT molecular complexity index is 721. The summed E-state index contributed by atoms with van der Waals surface area (Å²) in [6.07, 6.45) is 2.53. The zero-order chi connectivity index (χ0) is 18.8. The van der Waals surface area contributed by atoms with Crippen molar-refractivity contribution in [2.45, 2.75) is 38.3 Å². The van der Waals surface area contributed by atoms with Gasteiger partial charge in [0.05, 0.1) is 6.54 Å². The highest BCUT2D eigenvalue weighted by Crippen LogP contribution is 2.33. The van der Waals surface area contributed by atoms with Crippen LogP contribution < -0.4 is 14.8 Å². The molecule has 1 atom stereocenters. The molecule has 8 heteroatoms. The zero-order valence-electron chi connectivity index (χ0n) is 15.5. The number of hydrogen-bond donors (Lipinski definition) is 1. The van der Waals surface area contributed by atoms with E-state index in [1.54, 1.807) is 0 Å². The molecule has 3 aliphatic rings. The van der Waals surface area contributed by atoms with Gasteiger partial charge in [-0.2, -0.15) is 0 Å². The predicted molar refractivity (Wildman–Crippen MR) is 106 cm³/mol. The molecule has 7 nitrogen and oxygen atoms in total. The van der Waals surface area contributed by atoms with E-state index in [4.69, 9.17) is 26.4 Å². The number of nitrogens with one attached hydrogen (secondary N) is 1. The SMILES string of the molecule is CCC1CN(C2CCN(C(=S)Nc3ccc4c(c3)OCCO4)CC2)C(=O)O1. The predicted octanol–water partition coefficient (Wildman–Crippen LogP) is 2.85. The Kier molecular flexibility index (Phi) is 5.24. The number of anilines is 1. The summed E-state index contributed by atoms with van der Waals surface area (Å²) in [7, 11) is 0. The molecule has 0 saturated carbocycles. The number of fused-ring (bicyclic) bond motifs is 1. The van der Waals surface area contributed by atoms with Gasteiger partial charge in [0.1, 0.15) is 19.3 Å². The maximum absolute atomic E-state index is 12.0. The second-order valence-electron chi connectivity index (χ2n) is 7.07. The van der Waals surface area contributed by atoms with E-state index >= 15 is 0 Å². The standard InChI is InChI=1S/C19H25N3O4S/c1-2-15-12-22(19(23)26-15)14-5-7-21(8-6-14)18(27)20-13-3-4-16-17(11-13)25-10-9-24-16/h3-4,11,14-15H,2,5-10,12H2,1H3,(H,20,27). The second kappa shape index (κ2) is 7.80. The first-order valence-corrected chi connectivity index (χ1v) is 9.97. The maximum atomic E-state index is 12.0. The highest BCUT2D eigenvalue weighted by Gasteiger charge is 2.36. The van der Waals surface area contributed by atoms with Crippen LogP contribution in [0.2, 0.25) is 0 Å². The summed E-state index contributed by atoms with van der Waals surface area (Å²) < 4.78 is 16.6. The number of benzene rings is 1. The second-order valence-corrected chi connectivity index (χ2v) is 7.46. The van der Waals surface area contributed by atoms with Crippen molar-refractivity contribution in [2.24, 2.45) is 0 Å². The van der Waals surface area contributed by atoms with E-state index in [0.29, 0.717) is 24.9 Å². The van der Waals surface area contributed by atoms with E-state index in [1.807, 2.05) is 30.0 Å². The third kappa shape index (κ3) is 3.90. The Balaban J connectivity index is 1.31. The molecule has 0 aliphatic carbocycles. The monoisotopic (exact) mass is 391 g/mol. The van der Waals surface area contributed by atoms with Crippen molar-refractivity contribution in [1.82, 2.24) is 9.80 Å². The van der Waals surface area contributed by atoms with Crippen LogP contribution in [0.25, 0.3) is 0 Å². The smallest absolute Gasteiger partial charge is 0.410 e. The van der Waals surface area contributed by atoms with Crippen LogP contribution in [0.4, 0.5) is 10.5 Å². The van der Waals surface area contributed by atoms with Crippen molar-refractivity contribution in [3.63, 3.8) is 0 Å². The Hall–Kier alpha value is -2.22. The number of carbonyl (C=O) groups excluding carboxylic acids is 1. The van der Waals surface area contributed by atoms with Crippen molar-refractivity contribution in [1.29, 1.82) is 0 Å². The summed E-state index contributed by atoms with van der Waals surface area (Å²) in [4.78, 5) is 16.1. The van der Waals surface area contributed by atoms with Gasteiger partial charge in [0.2, 0.25) is 0 Å². The fraction of sp³-hybridized carbons (Fsp3) is 0.579. The molecule has 1 amide bonds. The van der Waals surface area contributed by atoms with Gasteiger partial charge in [0.25, 0.3) is 0 Å². The van der Waals surface area contributed by atoms with Crippen LogP contribution >= 0.6 is 12.2 Å². The summed E-state index contributed by atoms with van der Waals surface area (Å²) in [6.45, 7) is 5.54. The van der Waals surface area contributed by atoms with Gasteiger partial charge >= 0.3 is 6.09 Å².